The average Bonchev–Trinajstić information content (AvgIpc) is 2.80. The fraction of sp³-hybridized carbons (Fsp3) is 0.429. The van der Waals surface area contributed by atoms with Crippen molar-refractivity contribution in [3.63, 3.8) is 0 Å². The fourth-order valence-corrected chi connectivity index (χ4v) is 7.70. The van der Waals surface area contributed by atoms with Gasteiger partial charge in [0.1, 0.15) is 6.61 Å². The van der Waals surface area contributed by atoms with Crippen molar-refractivity contribution in [2.45, 2.75) is 39.1 Å². The third-order valence-corrected chi connectivity index (χ3v) is 7.78. The molecule has 0 spiro atoms. The number of esters is 3. The summed E-state index contributed by atoms with van der Waals surface area (Å²) in [5.74, 6) is -4.31. The van der Waals surface area contributed by atoms with E-state index < -0.39 is 66.5 Å². The maximum atomic E-state index is 13.3. The van der Waals surface area contributed by atoms with E-state index in [0.29, 0.717) is 0 Å². The highest BCUT2D eigenvalue weighted by Crippen LogP contribution is 2.36. The molecule has 1 aromatic rings. The first-order chi connectivity index (χ1) is 17.6. The van der Waals surface area contributed by atoms with Crippen LogP contribution in [0.4, 0.5) is 5.69 Å². The van der Waals surface area contributed by atoms with Gasteiger partial charge in [0.2, 0.25) is 6.10 Å². The summed E-state index contributed by atoms with van der Waals surface area (Å²) in [6, 6.07) is 0. The molecule has 1 aromatic carbocycles. The maximum Gasteiger partial charge on any atom is 0.303 e. The monoisotopic (exact) mass is 894 g/mol. The minimum Gasteiger partial charge on any atom is -0.462 e. The number of aliphatic hydroxyl groups is 2. The van der Waals surface area contributed by atoms with Gasteiger partial charge in [-0.3, -0.25) is 28.8 Å². The molecule has 2 amide bonds. The molecule has 0 aliphatic heterocycles. The SMILES string of the molecule is CC(=O)OCC(OC(C)=O)C(OC(C)=O)C(=O)Nc1c(I)c(C(=O)Cl)c(I)c(C(=O)NCC(O)CO)c1I. The van der Waals surface area contributed by atoms with E-state index in [1.807, 2.05) is 0 Å². The Morgan fingerprint density at radius 1 is 0.895 bits per heavy atom. The van der Waals surface area contributed by atoms with Crippen LogP contribution in [0.5, 0.6) is 0 Å². The van der Waals surface area contributed by atoms with Crippen LogP contribution < -0.4 is 10.6 Å². The lowest BCUT2D eigenvalue weighted by atomic mass is 10.1. The third kappa shape index (κ3) is 9.99. The maximum absolute atomic E-state index is 13.3. The summed E-state index contributed by atoms with van der Waals surface area (Å²) in [6.45, 7) is 1.58. The van der Waals surface area contributed by atoms with Crippen molar-refractivity contribution >= 4 is 120 Å². The predicted molar refractivity (Wildman–Crippen MR) is 157 cm³/mol. The number of aliphatic hydroxyl groups excluding tert-OH is 2. The summed E-state index contributed by atoms with van der Waals surface area (Å²) in [7, 11) is 0. The molecule has 0 heterocycles. The molecule has 17 heteroatoms. The van der Waals surface area contributed by atoms with Crippen LogP contribution in [0, 0.1) is 10.7 Å². The van der Waals surface area contributed by atoms with Gasteiger partial charge in [0.25, 0.3) is 17.1 Å². The molecule has 0 saturated carbocycles. The molecule has 4 N–H and O–H groups in total. The summed E-state index contributed by atoms with van der Waals surface area (Å²) in [4.78, 5) is 73.1. The van der Waals surface area contributed by atoms with Crippen LogP contribution in [0.15, 0.2) is 0 Å². The molecule has 0 fully saturated rings. The van der Waals surface area contributed by atoms with Crippen molar-refractivity contribution in [3.05, 3.63) is 21.8 Å². The highest BCUT2D eigenvalue weighted by Gasteiger charge is 2.37. The number of ether oxygens (including phenoxy) is 3. The molecule has 0 aliphatic rings. The van der Waals surface area contributed by atoms with Gasteiger partial charge in [-0.1, -0.05) is 0 Å². The van der Waals surface area contributed by atoms with Crippen molar-refractivity contribution in [3.8, 4) is 0 Å². The molecule has 38 heavy (non-hydrogen) atoms. The quantitative estimate of drug-likeness (QED) is 0.102. The van der Waals surface area contributed by atoms with Crippen molar-refractivity contribution in [1.29, 1.82) is 0 Å². The standard InChI is InChI=1S/C21H22ClI3N2O11/c1-7(29)36-6-11(37-8(2)30)18(38-9(3)31)21(35)27-17-15(24)12(19(22)33)14(23)13(16(17)25)20(34)26-4-10(32)5-28/h10-11,18,28,32H,4-6H2,1-3H3,(H,26,34)(H,27,35). The van der Waals surface area contributed by atoms with Gasteiger partial charge in [-0.05, 0) is 79.4 Å². The van der Waals surface area contributed by atoms with E-state index in [1.165, 1.54) is 0 Å². The highest BCUT2D eigenvalue weighted by molar-refractivity contribution is 14.1. The van der Waals surface area contributed by atoms with Crippen LogP contribution in [-0.2, 0) is 33.4 Å². The molecule has 0 radical (unpaired) electrons. The van der Waals surface area contributed by atoms with E-state index >= 15 is 0 Å². The van der Waals surface area contributed by atoms with Crippen LogP contribution in [0.1, 0.15) is 41.5 Å². The Hall–Kier alpha value is -1.36. The molecule has 210 valence electrons. The molecular formula is C21H22ClI3N2O11. The van der Waals surface area contributed by atoms with E-state index in [4.69, 9.17) is 30.9 Å². The van der Waals surface area contributed by atoms with E-state index in [1.54, 1.807) is 67.8 Å². The normalized spacial score (nSPS) is 13.0. The van der Waals surface area contributed by atoms with Crippen molar-refractivity contribution < 1.29 is 53.2 Å². The first kappa shape index (κ1) is 34.7. The molecule has 13 nitrogen and oxygen atoms in total. The van der Waals surface area contributed by atoms with Gasteiger partial charge >= 0.3 is 17.9 Å². The van der Waals surface area contributed by atoms with Gasteiger partial charge in [0, 0.05) is 30.9 Å². The van der Waals surface area contributed by atoms with Crippen LogP contribution in [0.25, 0.3) is 0 Å². The minimum atomic E-state index is -1.80. The average molecular weight is 895 g/mol. The second-order valence-corrected chi connectivity index (χ2v) is 10.9. The molecule has 1 rings (SSSR count). The van der Waals surface area contributed by atoms with Crippen LogP contribution >= 0.6 is 79.4 Å². The van der Waals surface area contributed by atoms with Crippen molar-refractivity contribution in [2.24, 2.45) is 0 Å². The zero-order valence-corrected chi connectivity index (χ0v) is 27.2. The zero-order valence-electron chi connectivity index (χ0n) is 19.9. The number of rotatable bonds is 12. The van der Waals surface area contributed by atoms with Gasteiger partial charge < -0.3 is 35.1 Å². The minimum absolute atomic E-state index is 0.0558. The smallest absolute Gasteiger partial charge is 0.303 e. The van der Waals surface area contributed by atoms with E-state index in [-0.39, 0.29) is 34.1 Å². The molecule has 0 aromatic heterocycles. The summed E-state index contributed by atoms with van der Waals surface area (Å²) in [6.07, 6.45) is -4.57. The Bertz CT molecular complexity index is 1130. The third-order valence-electron chi connectivity index (χ3n) is 4.35. The number of halogens is 4. The van der Waals surface area contributed by atoms with Gasteiger partial charge in [0.15, 0.2) is 6.10 Å². The van der Waals surface area contributed by atoms with Crippen LogP contribution in [-0.4, -0.2) is 83.2 Å². The molecular weight excluding hydrogens is 872 g/mol. The molecule has 3 atom stereocenters. The molecule has 0 bridgehead atoms. The number of hydrogen-bond donors (Lipinski definition) is 4. The second kappa shape index (κ2) is 16.0. The number of benzene rings is 1. The Morgan fingerprint density at radius 3 is 1.92 bits per heavy atom. The van der Waals surface area contributed by atoms with Gasteiger partial charge in [0.05, 0.1) is 36.7 Å². The fourth-order valence-electron chi connectivity index (χ4n) is 2.78. The Kier molecular flexibility index (Phi) is 14.6. The number of anilines is 1. The lowest BCUT2D eigenvalue weighted by molar-refractivity contribution is -0.175. The predicted octanol–water partition coefficient (Wildman–Crippen LogP) is 1.33. The van der Waals surface area contributed by atoms with Crippen LogP contribution in [0.2, 0.25) is 0 Å². The lowest BCUT2D eigenvalue weighted by Gasteiger charge is -2.26. The van der Waals surface area contributed by atoms with Gasteiger partial charge in [-0.25, -0.2) is 0 Å². The lowest BCUT2D eigenvalue weighted by Crippen LogP contribution is -2.46. The zero-order chi connectivity index (χ0) is 29.3. The number of carbonyl (C=O) groups excluding carboxylic acids is 6. The Balaban J connectivity index is 3.61. The Labute approximate surface area is 262 Å². The topological polar surface area (TPSA) is 195 Å². The van der Waals surface area contributed by atoms with E-state index in [2.05, 4.69) is 10.6 Å². The molecule has 3 unspecified atom stereocenters. The van der Waals surface area contributed by atoms with Crippen LogP contribution in [0.3, 0.4) is 0 Å². The second-order valence-electron chi connectivity index (χ2n) is 7.36. The summed E-state index contributed by atoms with van der Waals surface area (Å²) < 4.78 is 15.4. The van der Waals surface area contributed by atoms with Crippen molar-refractivity contribution in [2.75, 3.05) is 25.1 Å². The number of carbonyl (C=O) groups is 6. The number of amides is 2. The first-order valence-corrected chi connectivity index (χ1v) is 14.0. The number of hydrogen-bond acceptors (Lipinski definition) is 11. The number of nitrogens with one attached hydrogen (secondary N) is 2. The summed E-state index contributed by atoms with van der Waals surface area (Å²) in [5, 5.41) is 22.5. The first-order valence-electron chi connectivity index (χ1n) is 10.4. The van der Waals surface area contributed by atoms with Gasteiger partial charge in [-0.15, -0.1) is 0 Å². The molecule has 0 saturated heterocycles. The Morgan fingerprint density at radius 2 is 1.45 bits per heavy atom. The highest BCUT2D eigenvalue weighted by atomic mass is 127. The van der Waals surface area contributed by atoms with Crippen molar-refractivity contribution in [1.82, 2.24) is 5.32 Å². The summed E-state index contributed by atoms with van der Waals surface area (Å²) in [5.41, 5.74) is -0.242. The van der Waals surface area contributed by atoms with Gasteiger partial charge in [-0.2, -0.15) is 0 Å². The largest absolute Gasteiger partial charge is 0.462 e. The summed E-state index contributed by atoms with van der Waals surface area (Å²) >= 11 is 11.0. The molecule has 0 aliphatic carbocycles. The van der Waals surface area contributed by atoms with E-state index in [9.17, 15) is 33.9 Å². The van der Waals surface area contributed by atoms with E-state index in [0.717, 1.165) is 20.8 Å².